The van der Waals surface area contributed by atoms with Gasteiger partial charge in [-0.05, 0) is 169 Å². The summed E-state index contributed by atoms with van der Waals surface area (Å²) in [5.41, 5.74) is 7.25. The summed E-state index contributed by atoms with van der Waals surface area (Å²) in [7, 11) is 0. The molecular weight excluding hydrogens is 1120 g/mol. The minimum atomic E-state index is -0.989. The van der Waals surface area contributed by atoms with Gasteiger partial charge >= 0.3 is 0 Å². The Bertz CT molecular complexity index is 3030. The van der Waals surface area contributed by atoms with Crippen molar-refractivity contribution in [3.63, 3.8) is 0 Å². The molecule has 4 heterocycles. The molecule has 4 unspecified atom stereocenters. The number of hydrogen-bond acceptors (Lipinski definition) is 8. The molecule has 0 radical (unpaired) electrons. The van der Waals surface area contributed by atoms with Crippen LogP contribution in [0.4, 0.5) is 0 Å². The zero-order valence-electron chi connectivity index (χ0n) is 52.8. The second-order valence-corrected chi connectivity index (χ2v) is 30.1. The quantitative estimate of drug-likeness (QED) is 0.156. The fourth-order valence-corrected chi connectivity index (χ4v) is 20.5. The first-order valence-corrected chi connectivity index (χ1v) is 34.5. The van der Waals surface area contributed by atoms with Crippen LogP contribution >= 0.6 is 0 Å². The van der Waals surface area contributed by atoms with Crippen molar-refractivity contribution >= 4 is 0 Å². The topological polar surface area (TPSA) is 83.9 Å². The number of piperidine rings is 2. The Morgan fingerprint density at radius 1 is 0.242 bits per heavy atom. The van der Waals surface area contributed by atoms with E-state index in [9.17, 15) is 10.4 Å². The third-order valence-corrected chi connectivity index (χ3v) is 24.2. The van der Waals surface area contributed by atoms with Crippen LogP contribution in [0.1, 0.15) is 195 Å². The van der Waals surface area contributed by atoms with Gasteiger partial charge in [0.2, 0.25) is 0 Å². The van der Waals surface area contributed by atoms with Gasteiger partial charge in [0.15, 0.2) is 11.6 Å². The molecule has 12 atom stereocenters. The first-order chi connectivity index (χ1) is 44.5. The first-order valence-electron chi connectivity index (χ1n) is 34.5. The maximum Gasteiger partial charge on any atom is 0.172 e. The van der Waals surface area contributed by atoms with Gasteiger partial charge in [-0.3, -0.25) is 0 Å². The molecule has 468 valence electrons. The largest absolute Gasteiger partial charge is 0.349 e. The Hall–Kier alpha value is -6.56. The van der Waals surface area contributed by atoms with Gasteiger partial charge in [-0.2, -0.15) is 10.1 Å². The number of ether oxygens (including phenoxy) is 4. The molecule has 4 saturated carbocycles. The van der Waals surface area contributed by atoms with Gasteiger partial charge < -0.3 is 29.4 Å². The van der Waals surface area contributed by atoms with Crippen LogP contribution in [0.15, 0.2) is 243 Å². The summed E-state index contributed by atoms with van der Waals surface area (Å²) in [4.78, 5) is 0. The summed E-state index contributed by atoms with van der Waals surface area (Å²) >= 11 is 0. The van der Waals surface area contributed by atoms with E-state index in [1.807, 2.05) is 10.1 Å². The molecule has 0 amide bonds. The van der Waals surface area contributed by atoms with E-state index in [2.05, 4.69) is 243 Å². The molecule has 4 saturated heterocycles. The van der Waals surface area contributed by atoms with Crippen LogP contribution in [-0.4, -0.2) is 80.7 Å². The van der Waals surface area contributed by atoms with Crippen LogP contribution in [-0.2, 0) is 18.9 Å². The minimum Gasteiger partial charge on any atom is -0.349 e. The SMILES string of the molecule is ON1C2(C[C@H](c3ccccc3)C[C@H](c3ccccc3)C2)CC2(CC13C[C@H](c1ccccc1)C[C@H](c1ccccc1)C3)OCC1(CO2)COC2(CC3(C[C@H](c4ccccc4)C[C@H](c4ccccc4)C3)N(O)C3(C[C@H](c4ccccc4)C[C@H](c4ccccc4)C3)C2)OC1. The smallest absolute Gasteiger partial charge is 0.172 e. The zero-order chi connectivity index (χ0) is 61.1. The predicted molar refractivity (Wildman–Crippen MR) is 357 cm³/mol. The van der Waals surface area contributed by atoms with Crippen LogP contribution < -0.4 is 0 Å². The summed E-state index contributed by atoms with van der Waals surface area (Å²) in [6, 6.07) is 88.7. The van der Waals surface area contributed by atoms with E-state index in [-0.39, 0.29) is 47.3 Å². The van der Waals surface area contributed by atoms with Gasteiger partial charge in [0, 0.05) is 25.7 Å². The highest BCUT2D eigenvalue weighted by Gasteiger charge is 2.69. The maximum atomic E-state index is 14.0. The molecule has 8 heteroatoms. The van der Waals surface area contributed by atoms with Crippen LogP contribution in [0, 0.1) is 5.41 Å². The first kappa shape index (κ1) is 59.5. The molecule has 4 aliphatic heterocycles. The highest BCUT2D eigenvalue weighted by atomic mass is 16.7. The number of hydrogen-bond donors (Lipinski definition) is 2. The molecule has 8 fully saturated rings. The molecule has 4 aliphatic carbocycles. The van der Waals surface area contributed by atoms with Crippen LogP contribution in [0.3, 0.4) is 0 Å². The van der Waals surface area contributed by atoms with Gasteiger partial charge in [-0.15, -0.1) is 0 Å². The number of rotatable bonds is 8. The van der Waals surface area contributed by atoms with Crippen molar-refractivity contribution in [1.82, 2.24) is 10.1 Å². The average Bonchev–Trinajstić information content (AvgIpc) is 0.715. The second-order valence-electron chi connectivity index (χ2n) is 30.1. The third-order valence-electron chi connectivity index (χ3n) is 24.2. The van der Waals surface area contributed by atoms with Crippen molar-refractivity contribution in [3.8, 4) is 0 Å². The van der Waals surface area contributed by atoms with E-state index in [0.29, 0.717) is 52.1 Å². The highest BCUT2D eigenvalue weighted by Crippen LogP contribution is 2.66. The monoisotopic (exact) mass is 1210 g/mol. The van der Waals surface area contributed by atoms with Gasteiger partial charge in [-0.1, -0.05) is 243 Å². The average molecular weight is 1210 g/mol. The summed E-state index contributed by atoms with van der Waals surface area (Å²) in [5, 5.41) is 32.0. The lowest BCUT2D eigenvalue weighted by Gasteiger charge is -2.67. The van der Waals surface area contributed by atoms with E-state index < -0.39 is 39.1 Å². The summed E-state index contributed by atoms with van der Waals surface area (Å²) in [6.07, 6.45) is 12.5. The van der Waals surface area contributed by atoms with E-state index in [4.69, 9.17) is 18.9 Å². The fraction of sp³-hybridized carbons (Fsp3) is 0.422. The zero-order valence-corrected chi connectivity index (χ0v) is 52.8. The molecule has 91 heavy (non-hydrogen) atoms. The summed E-state index contributed by atoms with van der Waals surface area (Å²) in [5.74, 6) is -0.356. The summed E-state index contributed by atoms with van der Waals surface area (Å²) in [6.45, 7) is 1.65. The van der Waals surface area contributed by atoms with Crippen molar-refractivity contribution in [1.29, 1.82) is 0 Å². The van der Waals surface area contributed by atoms with E-state index >= 15 is 0 Å². The Balaban J connectivity index is 0.763. The number of benzene rings is 8. The van der Waals surface area contributed by atoms with Crippen LogP contribution in [0.25, 0.3) is 0 Å². The minimum absolute atomic E-state index is 0.203. The van der Waals surface area contributed by atoms with E-state index in [0.717, 1.165) is 77.0 Å². The Morgan fingerprint density at radius 3 is 0.549 bits per heavy atom. The lowest BCUT2D eigenvalue weighted by Crippen LogP contribution is -2.74. The van der Waals surface area contributed by atoms with Gasteiger partial charge in [0.05, 0.1) is 54.0 Å². The second kappa shape index (κ2) is 24.1. The van der Waals surface area contributed by atoms with Crippen molar-refractivity contribution in [3.05, 3.63) is 287 Å². The molecule has 8 aliphatic rings. The molecule has 2 N–H and O–H groups in total. The number of nitrogens with zero attached hydrogens (tertiary/aromatic N) is 2. The van der Waals surface area contributed by atoms with E-state index in [1.165, 1.54) is 44.5 Å². The van der Waals surface area contributed by atoms with E-state index in [1.54, 1.807) is 0 Å². The molecule has 7 spiro atoms. The molecule has 8 aromatic carbocycles. The molecule has 0 bridgehead atoms. The molecule has 8 aromatic rings. The van der Waals surface area contributed by atoms with Gasteiger partial charge in [0.1, 0.15) is 0 Å². The van der Waals surface area contributed by atoms with Crippen LogP contribution in [0.5, 0.6) is 0 Å². The molecule has 0 aromatic heterocycles. The van der Waals surface area contributed by atoms with Crippen molar-refractivity contribution in [2.45, 2.75) is 184 Å². The van der Waals surface area contributed by atoms with Gasteiger partial charge in [-0.25, -0.2) is 0 Å². The Kier molecular flexibility index (Phi) is 15.7. The fourth-order valence-electron chi connectivity index (χ4n) is 20.5. The van der Waals surface area contributed by atoms with Crippen molar-refractivity contribution < 1.29 is 29.4 Å². The maximum absolute atomic E-state index is 14.0. The Morgan fingerprint density at radius 2 is 0.396 bits per heavy atom. The lowest BCUT2D eigenvalue weighted by atomic mass is 9.56. The third kappa shape index (κ3) is 11.3. The van der Waals surface area contributed by atoms with Crippen molar-refractivity contribution in [2.24, 2.45) is 5.41 Å². The van der Waals surface area contributed by atoms with Gasteiger partial charge in [0.25, 0.3) is 0 Å². The highest BCUT2D eigenvalue weighted by molar-refractivity contribution is 5.36. The normalized spacial score (nSPS) is 36.9. The number of hydroxylamine groups is 4. The lowest BCUT2D eigenvalue weighted by molar-refractivity contribution is -0.425. The molecule has 16 rings (SSSR count). The predicted octanol–water partition coefficient (Wildman–Crippen LogP) is 18.4. The Labute approximate surface area is 539 Å². The standard InChI is InChI=1S/C83H90N2O6/c86-84-78(45-69(61-25-9-1-10-26-61)41-70(46-78)62-27-11-2-12-28-62)53-82(54-79(84)47-71(63-29-13-3-14-30-63)42-72(48-79)64-31-15-4-16-32-64)88-57-77(58-89-82)59-90-83(91-60-77)55-80(49-73(65-33-17-5-18-34-65)43-74(50-80)66-35-19-6-20-36-66)85(87)81(56-83)51-75(67-37-21-7-22-38-67)44-76(52-81)68-39-23-8-24-40-68/h1-40,69-76,86-87H,41-60H2/t69-,70+,71-,72+,73-,74+,75-,76+,77?,78?,79?,80?,81?,82?,83?. The molecular formula is C83H90N2O6. The molecule has 8 nitrogen and oxygen atoms in total. The summed E-state index contributed by atoms with van der Waals surface area (Å²) < 4.78 is 31.1. The van der Waals surface area contributed by atoms with Crippen molar-refractivity contribution in [2.75, 3.05) is 26.4 Å². The van der Waals surface area contributed by atoms with Crippen LogP contribution in [0.2, 0.25) is 0 Å².